The van der Waals surface area contributed by atoms with Gasteiger partial charge in [0.15, 0.2) is 11.5 Å². The highest BCUT2D eigenvalue weighted by Crippen LogP contribution is 2.25. The van der Waals surface area contributed by atoms with E-state index in [1.807, 2.05) is 17.5 Å². The molecule has 3 heterocycles. The first-order valence-corrected chi connectivity index (χ1v) is 7.79. The molecule has 6 nitrogen and oxygen atoms in total. The van der Waals surface area contributed by atoms with Gasteiger partial charge in [0.25, 0.3) is 5.91 Å². The Morgan fingerprint density at radius 3 is 2.86 bits per heavy atom. The monoisotopic (exact) mass is 307 g/mol. The van der Waals surface area contributed by atoms with Gasteiger partial charge in [0.2, 0.25) is 0 Å². The molecule has 3 rings (SSSR count). The Hall–Kier alpha value is -1.70. The van der Waals surface area contributed by atoms with Crippen LogP contribution in [0.25, 0.3) is 10.6 Å². The second-order valence-electron chi connectivity index (χ2n) is 4.91. The highest BCUT2D eigenvalue weighted by Gasteiger charge is 2.24. The average molecular weight is 307 g/mol. The van der Waals surface area contributed by atoms with Gasteiger partial charge in [-0.1, -0.05) is 11.2 Å². The van der Waals surface area contributed by atoms with Crippen molar-refractivity contribution < 1.29 is 14.4 Å². The minimum atomic E-state index is -0.0924. The Kier molecular flexibility index (Phi) is 4.33. The third-order valence-corrected chi connectivity index (χ3v) is 4.45. The fourth-order valence-corrected chi connectivity index (χ4v) is 3.06. The first-order chi connectivity index (χ1) is 10.3. The average Bonchev–Trinajstić information content (AvgIpc) is 3.19. The fourth-order valence-electron chi connectivity index (χ4n) is 2.39. The smallest absolute Gasteiger partial charge is 0.276 e. The molecule has 2 aromatic heterocycles. The maximum absolute atomic E-state index is 12.4. The maximum atomic E-state index is 12.4. The molecule has 2 aromatic rings. The molecule has 0 saturated carbocycles. The SMILES string of the molecule is O=C(c1cc(-c2cccs2)on1)N1CCN(CCO)CC1. The Bertz CT molecular complexity index is 588. The van der Waals surface area contributed by atoms with E-state index >= 15 is 0 Å². The minimum Gasteiger partial charge on any atom is -0.395 e. The molecule has 0 spiro atoms. The van der Waals surface area contributed by atoms with Crippen LogP contribution in [0.1, 0.15) is 10.5 Å². The molecular formula is C14H17N3O3S. The summed E-state index contributed by atoms with van der Waals surface area (Å²) in [6.45, 7) is 3.68. The Morgan fingerprint density at radius 2 is 2.19 bits per heavy atom. The zero-order chi connectivity index (χ0) is 14.7. The van der Waals surface area contributed by atoms with E-state index in [0.29, 0.717) is 31.1 Å². The van der Waals surface area contributed by atoms with E-state index in [9.17, 15) is 4.79 Å². The van der Waals surface area contributed by atoms with Crippen LogP contribution in [-0.4, -0.2) is 65.3 Å². The molecule has 0 unspecified atom stereocenters. The molecule has 0 aliphatic carbocycles. The number of thiophene rings is 1. The summed E-state index contributed by atoms with van der Waals surface area (Å²) in [4.78, 5) is 17.3. The number of hydrogen-bond donors (Lipinski definition) is 1. The molecule has 1 N–H and O–H groups in total. The van der Waals surface area contributed by atoms with E-state index in [0.717, 1.165) is 18.0 Å². The third kappa shape index (κ3) is 3.15. The van der Waals surface area contributed by atoms with Gasteiger partial charge in [-0.05, 0) is 11.4 Å². The van der Waals surface area contributed by atoms with Gasteiger partial charge < -0.3 is 14.5 Å². The van der Waals surface area contributed by atoms with Crippen LogP contribution < -0.4 is 0 Å². The lowest BCUT2D eigenvalue weighted by molar-refractivity contribution is 0.0605. The molecule has 0 radical (unpaired) electrons. The summed E-state index contributed by atoms with van der Waals surface area (Å²) in [5.74, 6) is 0.539. The van der Waals surface area contributed by atoms with Crippen molar-refractivity contribution >= 4 is 17.2 Å². The van der Waals surface area contributed by atoms with Crippen molar-refractivity contribution in [2.75, 3.05) is 39.3 Å². The predicted octanol–water partition coefficient (Wildman–Crippen LogP) is 1.15. The van der Waals surface area contributed by atoms with E-state index in [1.165, 1.54) is 0 Å². The topological polar surface area (TPSA) is 69.8 Å². The highest BCUT2D eigenvalue weighted by molar-refractivity contribution is 7.13. The number of rotatable bonds is 4. The predicted molar refractivity (Wildman–Crippen MR) is 79.2 cm³/mol. The summed E-state index contributed by atoms with van der Waals surface area (Å²) in [5, 5.41) is 14.8. The summed E-state index contributed by atoms with van der Waals surface area (Å²) in [6.07, 6.45) is 0. The molecule has 1 saturated heterocycles. The van der Waals surface area contributed by atoms with Gasteiger partial charge >= 0.3 is 0 Å². The highest BCUT2D eigenvalue weighted by atomic mass is 32.1. The zero-order valence-electron chi connectivity index (χ0n) is 11.6. The van der Waals surface area contributed by atoms with Gasteiger partial charge in [0.05, 0.1) is 11.5 Å². The van der Waals surface area contributed by atoms with E-state index in [2.05, 4.69) is 10.1 Å². The van der Waals surface area contributed by atoms with Crippen molar-refractivity contribution in [3.05, 3.63) is 29.3 Å². The van der Waals surface area contributed by atoms with Gasteiger partial charge in [-0.15, -0.1) is 11.3 Å². The summed E-state index contributed by atoms with van der Waals surface area (Å²) < 4.78 is 5.25. The normalized spacial score (nSPS) is 16.3. The van der Waals surface area contributed by atoms with Crippen LogP contribution in [0.2, 0.25) is 0 Å². The summed E-state index contributed by atoms with van der Waals surface area (Å²) >= 11 is 1.55. The van der Waals surface area contributed by atoms with Crippen LogP contribution in [-0.2, 0) is 0 Å². The van der Waals surface area contributed by atoms with Gasteiger partial charge in [-0.25, -0.2) is 0 Å². The lowest BCUT2D eigenvalue weighted by atomic mass is 10.2. The quantitative estimate of drug-likeness (QED) is 0.917. The third-order valence-electron chi connectivity index (χ3n) is 3.57. The van der Waals surface area contributed by atoms with Crippen molar-refractivity contribution in [2.45, 2.75) is 0 Å². The maximum Gasteiger partial charge on any atom is 0.276 e. The molecule has 7 heteroatoms. The van der Waals surface area contributed by atoms with Crippen LogP contribution in [0.3, 0.4) is 0 Å². The van der Waals surface area contributed by atoms with E-state index in [-0.39, 0.29) is 12.5 Å². The number of hydrogen-bond acceptors (Lipinski definition) is 6. The molecule has 1 amide bonds. The van der Waals surface area contributed by atoms with Gasteiger partial charge in [0, 0.05) is 38.8 Å². The van der Waals surface area contributed by atoms with Crippen LogP contribution in [0.15, 0.2) is 28.1 Å². The number of aliphatic hydroxyl groups is 1. The second-order valence-corrected chi connectivity index (χ2v) is 5.86. The molecule has 0 atom stereocenters. The Labute approximate surface area is 126 Å². The van der Waals surface area contributed by atoms with E-state index in [4.69, 9.17) is 9.63 Å². The van der Waals surface area contributed by atoms with Crippen LogP contribution in [0.5, 0.6) is 0 Å². The molecule has 1 aliphatic heterocycles. The van der Waals surface area contributed by atoms with E-state index in [1.54, 1.807) is 22.3 Å². The Balaban J connectivity index is 1.64. The number of amides is 1. The number of carbonyl (C=O) groups excluding carboxylic acids is 1. The van der Waals surface area contributed by atoms with Crippen molar-refractivity contribution in [3.63, 3.8) is 0 Å². The lowest BCUT2D eigenvalue weighted by Crippen LogP contribution is -2.49. The number of nitrogens with zero attached hydrogens (tertiary/aromatic N) is 3. The first kappa shape index (κ1) is 14.2. The summed E-state index contributed by atoms with van der Waals surface area (Å²) in [7, 11) is 0. The molecule has 1 aliphatic rings. The molecule has 1 fully saturated rings. The molecule has 0 aromatic carbocycles. The molecule has 112 valence electrons. The first-order valence-electron chi connectivity index (χ1n) is 6.91. The van der Waals surface area contributed by atoms with Gasteiger partial charge in [0.1, 0.15) is 0 Å². The Morgan fingerprint density at radius 1 is 1.38 bits per heavy atom. The van der Waals surface area contributed by atoms with Crippen LogP contribution >= 0.6 is 11.3 Å². The number of β-amino-alcohol motifs (C(OH)–C–C–N with tert-alkyl or cyclic N) is 1. The zero-order valence-corrected chi connectivity index (χ0v) is 12.4. The number of carbonyl (C=O) groups is 1. The van der Waals surface area contributed by atoms with Gasteiger partial charge in [-0.3, -0.25) is 9.69 Å². The molecule has 0 bridgehead atoms. The van der Waals surface area contributed by atoms with Gasteiger partial charge in [-0.2, -0.15) is 0 Å². The van der Waals surface area contributed by atoms with Crippen molar-refractivity contribution in [1.82, 2.24) is 15.0 Å². The van der Waals surface area contributed by atoms with Crippen molar-refractivity contribution in [1.29, 1.82) is 0 Å². The number of piperazine rings is 1. The number of aromatic nitrogens is 1. The summed E-state index contributed by atoms with van der Waals surface area (Å²) in [6, 6.07) is 5.58. The van der Waals surface area contributed by atoms with Crippen molar-refractivity contribution in [3.8, 4) is 10.6 Å². The minimum absolute atomic E-state index is 0.0924. The van der Waals surface area contributed by atoms with Crippen LogP contribution in [0.4, 0.5) is 0 Å². The molecular weight excluding hydrogens is 290 g/mol. The lowest BCUT2D eigenvalue weighted by Gasteiger charge is -2.33. The standard InChI is InChI=1S/C14H17N3O3S/c18-8-7-16-3-5-17(6-4-16)14(19)11-10-12(20-15-11)13-2-1-9-21-13/h1-2,9-10,18H,3-8H2. The van der Waals surface area contributed by atoms with E-state index < -0.39 is 0 Å². The summed E-state index contributed by atoms with van der Waals surface area (Å²) in [5.41, 5.74) is 0.356. The largest absolute Gasteiger partial charge is 0.395 e. The number of aliphatic hydroxyl groups excluding tert-OH is 1. The fraction of sp³-hybridized carbons (Fsp3) is 0.429. The van der Waals surface area contributed by atoms with Crippen LogP contribution in [0, 0.1) is 0 Å². The van der Waals surface area contributed by atoms with Crippen molar-refractivity contribution in [2.24, 2.45) is 0 Å². The second kappa shape index (κ2) is 6.38. The molecule has 21 heavy (non-hydrogen) atoms.